The van der Waals surface area contributed by atoms with Crippen LogP contribution < -0.4 is 5.32 Å². The molecule has 0 aliphatic heterocycles. The Kier molecular flexibility index (Phi) is 4.87. The summed E-state index contributed by atoms with van der Waals surface area (Å²) in [5.74, 6) is 1.65. The van der Waals surface area contributed by atoms with E-state index in [1.54, 1.807) is 0 Å². The highest BCUT2D eigenvalue weighted by molar-refractivity contribution is 6.00. The predicted molar refractivity (Wildman–Crippen MR) is 109 cm³/mol. The van der Waals surface area contributed by atoms with Gasteiger partial charge in [-0.15, -0.1) is 10.2 Å². The lowest BCUT2D eigenvalue weighted by Crippen LogP contribution is -2.28. The highest BCUT2D eigenvalue weighted by atomic mass is 15.2. The third-order valence-electron chi connectivity index (χ3n) is 5.81. The maximum atomic E-state index is 4.62. The van der Waals surface area contributed by atoms with E-state index >= 15 is 0 Å². The van der Waals surface area contributed by atoms with Gasteiger partial charge in [0.05, 0.1) is 0 Å². The maximum Gasteiger partial charge on any atom is 0.156 e. The van der Waals surface area contributed by atoms with Gasteiger partial charge in [0, 0.05) is 22.4 Å². The van der Waals surface area contributed by atoms with Crippen molar-refractivity contribution in [1.29, 1.82) is 0 Å². The van der Waals surface area contributed by atoms with Crippen LogP contribution in [0.4, 0.5) is 5.82 Å². The Hall–Kier alpha value is -2.42. The van der Waals surface area contributed by atoms with E-state index in [9.17, 15) is 0 Å². The van der Waals surface area contributed by atoms with Gasteiger partial charge in [-0.05, 0) is 38.2 Å². The highest BCUT2D eigenvalue weighted by Gasteiger charge is 2.21. The van der Waals surface area contributed by atoms with Crippen LogP contribution in [-0.2, 0) is 0 Å². The lowest BCUT2D eigenvalue weighted by molar-refractivity contribution is 0.328. The van der Waals surface area contributed by atoms with E-state index in [4.69, 9.17) is 0 Å². The SMILES string of the molecule is Cc1ccccc1-c1nnc(NC(C)C2CCCCC2)c2ccccc12. The van der Waals surface area contributed by atoms with E-state index in [1.165, 1.54) is 37.7 Å². The van der Waals surface area contributed by atoms with Crippen LogP contribution in [0.3, 0.4) is 0 Å². The lowest BCUT2D eigenvalue weighted by atomic mass is 9.84. The first-order chi connectivity index (χ1) is 12.7. The fraction of sp³-hybridized carbons (Fsp3) is 0.391. The summed E-state index contributed by atoms with van der Waals surface area (Å²) in [5.41, 5.74) is 3.35. The minimum absolute atomic E-state index is 0.428. The van der Waals surface area contributed by atoms with Crippen LogP contribution in [0.5, 0.6) is 0 Å². The van der Waals surface area contributed by atoms with Crippen LogP contribution in [0.1, 0.15) is 44.6 Å². The Bertz CT molecular complexity index is 897. The molecule has 1 N–H and O–H groups in total. The van der Waals surface area contributed by atoms with Gasteiger partial charge in [-0.2, -0.15) is 0 Å². The first-order valence-corrected chi connectivity index (χ1v) is 9.82. The molecule has 3 aromatic rings. The van der Waals surface area contributed by atoms with Gasteiger partial charge >= 0.3 is 0 Å². The van der Waals surface area contributed by atoms with E-state index in [0.717, 1.165) is 33.8 Å². The van der Waals surface area contributed by atoms with E-state index in [0.29, 0.717) is 6.04 Å². The monoisotopic (exact) mass is 345 g/mol. The fourth-order valence-corrected chi connectivity index (χ4v) is 4.22. The van der Waals surface area contributed by atoms with Crippen molar-refractivity contribution in [1.82, 2.24) is 10.2 Å². The van der Waals surface area contributed by atoms with Crippen molar-refractivity contribution in [3.63, 3.8) is 0 Å². The summed E-state index contributed by atoms with van der Waals surface area (Å²) in [6, 6.07) is 17.3. The molecule has 1 unspecified atom stereocenters. The summed E-state index contributed by atoms with van der Waals surface area (Å²) in [7, 11) is 0. The Morgan fingerprint density at radius 2 is 1.58 bits per heavy atom. The molecule has 3 nitrogen and oxygen atoms in total. The van der Waals surface area contributed by atoms with Crippen molar-refractivity contribution in [2.75, 3.05) is 5.32 Å². The number of benzene rings is 2. The van der Waals surface area contributed by atoms with E-state index in [2.05, 4.69) is 77.9 Å². The zero-order chi connectivity index (χ0) is 17.9. The second kappa shape index (κ2) is 7.45. The van der Waals surface area contributed by atoms with Gasteiger partial charge in [-0.1, -0.05) is 67.8 Å². The molecule has 1 heterocycles. The Morgan fingerprint density at radius 3 is 2.35 bits per heavy atom. The number of nitrogens with one attached hydrogen (secondary N) is 1. The van der Waals surface area contributed by atoms with Gasteiger partial charge < -0.3 is 5.32 Å². The first kappa shape index (κ1) is 17.0. The number of fused-ring (bicyclic) bond motifs is 1. The van der Waals surface area contributed by atoms with Crippen LogP contribution in [0.25, 0.3) is 22.0 Å². The molecule has 1 aliphatic carbocycles. The Labute approximate surface area is 155 Å². The molecular formula is C23H27N3. The Morgan fingerprint density at radius 1 is 0.885 bits per heavy atom. The molecule has 1 aliphatic rings. The smallest absolute Gasteiger partial charge is 0.156 e. The number of rotatable bonds is 4. The maximum absolute atomic E-state index is 4.62. The van der Waals surface area contributed by atoms with Gasteiger partial charge in [0.1, 0.15) is 5.69 Å². The second-order valence-electron chi connectivity index (χ2n) is 7.59. The summed E-state index contributed by atoms with van der Waals surface area (Å²) in [5, 5.41) is 15.2. The summed E-state index contributed by atoms with van der Waals surface area (Å²) in [6.07, 6.45) is 6.74. The third-order valence-corrected chi connectivity index (χ3v) is 5.81. The topological polar surface area (TPSA) is 37.8 Å². The normalized spacial score (nSPS) is 16.5. The van der Waals surface area contributed by atoms with Crippen molar-refractivity contribution in [2.45, 2.75) is 52.0 Å². The lowest BCUT2D eigenvalue weighted by Gasteiger charge is -2.28. The molecule has 1 atom stereocenters. The predicted octanol–water partition coefficient (Wildman–Crippen LogP) is 5.99. The van der Waals surface area contributed by atoms with E-state index < -0.39 is 0 Å². The third kappa shape index (κ3) is 3.31. The molecule has 0 amide bonds. The quantitative estimate of drug-likeness (QED) is 0.631. The van der Waals surface area contributed by atoms with E-state index in [1.807, 2.05) is 0 Å². The molecule has 26 heavy (non-hydrogen) atoms. The zero-order valence-electron chi connectivity index (χ0n) is 15.7. The van der Waals surface area contributed by atoms with Crippen molar-refractivity contribution in [2.24, 2.45) is 5.92 Å². The van der Waals surface area contributed by atoms with Gasteiger partial charge in [0.15, 0.2) is 5.82 Å². The van der Waals surface area contributed by atoms with Gasteiger partial charge in [0.25, 0.3) is 0 Å². The molecule has 0 saturated heterocycles. The van der Waals surface area contributed by atoms with Crippen LogP contribution >= 0.6 is 0 Å². The van der Waals surface area contributed by atoms with Crippen LogP contribution in [0.15, 0.2) is 48.5 Å². The summed E-state index contributed by atoms with van der Waals surface area (Å²) >= 11 is 0. The molecule has 1 saturated carbocycles. The zero-order valence-corrected chi connectivity index (χ0v) is 15.7. The van der Waals surface area contributed by atoms with E-state index in [-0.39, 0.29) is 0 Å². The summed E-state index contributed by atoms with van der Waals surface area (Å²) < 4.78 is 0. The first-order valence-electron chi connectivity index (χ1n) is 9.82. The summed E-state index contributed by atoms with van der Waals surface area (Å²) in [4.78, 5) is 0. The average Bonchev–Trinajstić information content (AvgIpc) is 2.69. The highest BCUT2D eigenvalue weighted by Crippen LogP contribution is 2.33. The number of anilines is 1. The summed E-state index contributed by atoms with van der Waals surface area (Å²) in [6.45, 7) is 4.42. The number of hydrogen-bond acceptors (Lipinski definition) is 3. The van der Waals surface area contributed by atoms with Crippen LogP contribution in [0, 0.1) is 12.8 Å². The molecule has 3 heteroatoms. The molecule has 2 aromatic carbocycles. The largest absolute Gasteiger partial charge is 0.365 e. The molecule has 134 valence electrons. The van der Waals surface area contributed by atoms with Gasteiger partial charge in [0.2, 0.25) is 0 Å². The number of nitrogens with zero attached hydrogens (tertiary/aromatic N) is 2. The minimum atomic E-state index is 0.428. The van der Waals surface area contributed by atoms with Crippen molar-refractivity contribution in [3.05, 3.63) is 54.1 Å². The van der Waals surface area contributed by atoms with Crippen LogP contribution in [-0.4, -0.2) is 16.2 Å². The number of aromatic nitrogens is 2. The minimum Gasteiger partial charge on any atom is -0.365 e. The Balaban J connectivity index is 1.71. The number of aryl methyl sites for hydroxylation is 1. The van der Waals surface area contributed by atoms with Crippen LogP contribution in [0.2, 0.25) is 0 Å². The standard InChI is InChI=1S/C23H27N3/c1-16-10-6-7-13-19(16)22-20-14-8-9-15-21(20)23(26-25-22)24-17(2)18-11-4-3-5-12-18/h6-10,13-15,17-18H,3-5,11-12H2,1-2H3,(H,24,26). The molecule has 0 radical (unpaired) electrons. The van der Waals surface area contributed by atoms with Crippen molar-refractivity contribution >= 4 is 16.6 Å². The molecule has 0 spiro atoms. The second-order valence-corrected chi connectivity index (χ2v) is 7.59. The van der Waals surface area contributed by atoms with Crippen molar-refractivity contribution in [3.8, 4) is 11.3 Å². The van der Waals surface area contributed by atoms with Gasteiger partial charge in [-0.3, -0.25) is 0 Å². The molecule has 4 rings (SSSR count). The molecule has 0 bridgehead atoms. The fourth-order valence-electron chi connectivity index (χ4n) is 4.22. The average molecular weight is 345 g/mol. The molecule has 1 fully saturated rings. The molecular weight excluding hydrogens is 318 g/mol. The van der Waals surface area contributed by atoms with Gasteiger partial charge in [-0.25, -0.2) is 0 Å². The van der Waals surface area contributed by atoms with Crippen molar-refractivity contribution < 1.29 is 0 Å². The molecule has 1 aromatic heterocycles. The number of hydrogen-bond donors (Lipinski definition) is 1.